The van der Waals surface area contributed by atoms with Crippen LogP contribution in [0.1, 0.15) is 21.8 Å². The molecule has 0 spiro atoms. The molecule has 1 aromatic heterocycles. The molecule has 0 fully saturated rings. The number of aromatic nitrogens is 1. The number of thiazole rings is 1. The van der Waals surface area contributed by atoms with Crippen molar-refractivity contribution in [3.8, 4) is 6.07 Å². The second kappa shape index (κ2) is 5.65. The minimum atomic E-state index is 0.690. The highest BCUT2D eigenvalue weighted by Gasteiger charge is 2.02. The van der Waals surface area contributed by atoms with Crippen molar-refractivity contribution in [3.05, 3.63) is 45.4 Å². The minimum absolute atomic E-state index is 0.690. The van der Waals surface area contributed by atoms with Crippen molar-refractivity contribution >= 4 is 17.0 Å². The molecule has 1 heterocycles. The Morgan fingerprint density at radius 2 is 2.22 bits per heavy atom. The van der Waals surface area contributed by atoms with Gasteiger partial charge < -0.3 is 5.32 Å². The second-order valence-electron chi connectivity index (χ2n) is 4.20. The Balaban J connectivity index is 1.98. The van der Waals surface area contributed by atoms with E-state index in [4.69, 9.17) is 5.26 Å². The maximum absolute atomic E-state index is 9.03. The zero-order valence-corrected chi connectivity index (χ0v) is 11.3. The Bertz CT molecular complexity index is 581. The lowest BCUT2D eigenvalue weighted by atomic mass is 10.1. The maximum Gasteiger partial charge on any atom is 0.101 e. The molecule has 2 aromatic rings. The fourth-order valence-electron chi connectivity index (χ4n) is 1.75. The fourth-order valence-corrected chi connectivity index (χ4v) is 2.40. The van der Waals surface area contributed by atoms with Gasteiger partial charge in [-0.2, -0.15) is 5.26 Å². The molecule has 0 saturated carbocycles. The van der Waals surface area contributed by atoms with Crippen LogP contribution in [-0.2, 0) is 6.42 Å². The van der Waals surface area contributed by atoms with E-state index in [9.17, 15) is 0 Å². The van der Waals surface area contributed by atoms with Crippen LogP contribution < -0.4 is 5.32 Å². The number of hydrogen-bond acceptors (Lipinski definition) is 4. The average molecular weight is 257 g/mol. The Morgan fingerprint density at radius 1 is 1.39 bits per heavy atom. The van der Waals surface area contributed by atoms with Gasteiger partial charge in [-0.25, -0.2) is 4.98 Å². The van der Waals surface area contributed by atoms with Crippen LogP contribution in [0.4, 0.5) is 5.69 Å². The normalized spacial score (nSPS) is 10.1. The smallest absolute Gasteiger partial charge is 0.101 e. The van der Waals surface area contributed by atoms with E-state index in [1.807, 2.05) is 32.0 Å². The second-order valence-corrected chi connectivity index (χ2v) is 5.26. The molecule has 0 saturated heterocycles. The Morgan fingerprint density at radius 3 is 2.89 bits per heavy atom. The van der Waals surface area contributed by atoms with Crippen molar-refractivity contribution in [1.82, 2.24) is 4.98 Å². The van der Waals surface area contributed by atoms with E-state index in [0.29, 0.717) is 5.56 Å². The minimum Gasteiger partial charge on any atom is -0.384 e. The molecule has 4 heteroatoms. The van der Waals surface area contributed by atoms with E-state index in [0.717, 1.165) is 34.9 Å². The maximum atomic E-state index is 9.03. The van der Waals surface area contributed by atoms with E-state index in [2.05, 4.69) is 21.8 Å². The SMILES string of the molecule is Cc1ccc(C#N)c(NCCc2csc(C)n2)c1. The average Bonchev–Trinajstić information content (AvgIpc) is 2.75. The molecule has 2 rings (SSSR count). The zero-order valence-electron chi connectivity index (χ0n) is 10.5. The highest BCUT2D eigenvalue weighted by atomic mass is 32.1. The Labute approximate surface area is 111 Å². The highest BCUT2D eigenvalue weighted by Crippen LogP contribution is 2.16. The molecule has 1 N–H and O–H groups in total. The third-order valence-corrected chi connectivity index (χ3v) is 3.48. The van der Waals surface area contributed by atoms with Crippen LogP contribution in [-0.4, -0.2) is 11.5 Å². The van der Waals surface area contributed by atoms with Crippen molar-refractivity contribution in [3.63, 3.8) is 0 Å². The van der Waals surface area contributed by atoms with Gasteiger partial charge in [-0.3, -0.25) is 0 Å². The quantitative estimate of drug-likeness (QED) is 0.914. The summed E-state index contributed by atoms with van der Waals surface area (Å²) in [5.74, 6) is 0. The van der Waals surface area contributed by atoms with Crippen LogP contribution in [0, 0.1) is 25.2 Å². The molecule has 1 aromatic carbocycles. The van der Waals surface area contributed by atoms with Crippen molar-refractivity contribution < 1.29 is 0 Å². The first kappa shape index (κ1) is 12.6. The van der Waals surface area contributed by atoms with E-state index < -0.39 is 0 Å². The van der Waals surface area contributed by atoms with Crippen LogP contribution in [0.3, 0.4) is 0 Å². The number of benzene rings is 1. The number of nitriles is 1. The summed E-state index contributed by atoms with van der Waals surface area (Å²) in [6, 6.07) is 8.01. The summed E-state index contributed by atoms with van der Waals surface area (Å²) in [5.41, 5.74) is 3.86. The Kier molecular flexibility index (Phi) is 3.96. The topological polar surface area (TPSA) is 48.7 Å². The molecular weight excluding hydrogens is 242 g/mol. The van der Waals surface area contributed by atoms with E-state index in [-0.39, 0.29) is 0 Å². The van der Waals surface area contributed by atoms with Crippen LogP contribution in [0.15, 0.2) is 23.6 Å². The van der Waals surface area contributed by atoms with Gasteiger partial charge in [-0.15, -0.1) is 11.3 Å². The lowest BCUT2D eigenvalue weighted by Gasteiger charge is -2.08. The number of hydrogen-bond donors (Lipinski definition) is 1. The number of anilines is 1. The summed E-state index contributed by atoms with van der Waals surface area (Å²) < 4.78 is 0. The molecule has 92 valence electrons. The molecule has 0 amide bonds. The zero-order chi connectivity index (χ0) is 13.0. The summed E-state index contributed by atoms with van der Waals surface area (Å²) in [6.07, 6.45) is 0.878. The van der Waals surface area contributed by atoms with E-state index in [1.54, 1.807) is 11.3 Å². The molecule has 0 aliphatic rings. The molecule has 0 aliphatic heterocycles. The lowest BCUT2D eigenvalue weighted by Crippen LogP contribution is -2.06. The van der Waals surface area contributed by atoms with Gasteiger partial charge in [-0.05, 0) is 31.5 Å². The largest absolute Gasteiger partial charge is 0.384 e. The van der Waals surface area contributed by atoms with Gasteiger partial charge in [-0.1, -0.05) is 6.07 Å². The molecule has 3 nitrogen and oxygen atoms in total. The number of nitrogens with zero attached hydrogens (tertiary/aromatic N) is 2. The number of aryl methyl sites for hydroxylation is 2. The summed E-state index contributed by atoms with van der Waals surface area (Å²) in [5, 5.41) is 15.5. The van der Waals surface area contributed by atoms with E-state index >= 15 is 0 Å². The van der Waals surface area contributed by atoms with Gasteiger partial charge in [0.15, 0.2) is 0 Å². The van der Waals surface area contributed by atoms with Crippen LogP contribution in [0.2, 0.25) is 0 Å². The van der Waals surface area contributed by atoms with Crippen molar-refractivity contribution in [2.45, 2.75) is 20.3 Å². The van der Waals surface area contributed by atoms with Crippen molar-refractivity contribution in [2.24, 2.45) is 0 Å². The van der Waals surface area contributed by atoms with Gasteiger partial charge in [0.1, 0.15) is 6.07 Å². The standard InChI is InChI=1S/C14H15N3S/c1-10-3-4-12(8-15)14(7-10)16-6-5-13-9-18-11(2)17-13/h3-4,7,9,16H,5-6H2,1-2H3. The third kappa shape index (κ3) is 3.08. The molecule has 0 bridgehead atoms. The summed E-state index contributed by atoms with van der Waals surface area (Å²) >= 11 is 1.67. The summed E-state index contributed by atoms with van der Waals surface area (Å²) in [7, 11) is 0. The van der Waals surface area contributed by atoms with Crippen molar-refractivity contribution in [1.29, 1.82) is 5.26 Å². The van der Waals surface area contributed by atoms with Gasteiger partial charge in [0.05, 0.1) is 22.0 Å². The van der Waals surface area contributed by atoms with Crippen molar-refractivity contribution in [2.75, 3.05) is 11.9 Å². The Hall–Kier alpha value is -1.86. The molecule has 0 atom stereocenters. The first-order valence-corrected chi connectivity index (χ1v) is 6.72. The molecule has 0 radical (unpaired) electrons. The number of nitrogens with one attached hydrogen (secondary N) is 1. The van der Waals surface area contributed by atoms with Crippen LogP contribution >= 0.6 is 11.3 Å². The van der Waals surface area contributed by atoms with Crippen LogP contribution in [0.5, 0.6) is 0 Å². The summed E-state index contributed by atoms with van der Waals surface area (Å²) in [4.78, 5) is 4.42. The van der Waals surface area contributed by atoms with Gasteiger partial charge in [0.25, 0.3) is 0 Å². The monoisotopic (exact) mass is 257 g/mol. The lowest BCUT2D eigenvalue weighted by molar-refractivity contribution is 0.967. The highest BCUT2D eigenvalue weighted by molar-refractivity contribution is 7.09. The van der Waals surface area contributed by atoms with Gasteiger partial charge in [0.2, 0.25) is 0 Å². The predicted octanol–water partition coefficient (Wildman–Crippen LogP) is 3.29. The first-order valence-electron chi connectivity index (χ1n) is 5.84. The van der Waals surface area contributed by atoms with Crippen LogP contribution in [0.25, 0.3) is 0 Å². The molecule has 0 aliphatic carbocycles. The number of rotatable bonds is 4. The summed E-state index contributed by atoms with van der Waals surface area (Å²) in [6.45, 7) is 4.83. The molecule has 18 heavy (non-hydrogen) atoms. The van der Waals surface area contributed by atoms with E-state index in [1.165, 1.54) is 0 Å². The fraction of sp³-hybridized carbons (Fsp3) is 0.286. The third-order valence-electron chi connectivity index (χ3n) is 2.66. The van der Waals surface area contributed by atoms with Gasteiger partial charge >= 0.3 is 0 Å². The van der Waals surface area contributed by atoms with Gasteiger partial charge in [0, 0.05) is 18.3 Å². The first-order chi connectivity index (χ1) is 8.69. The molecular formula is C14H15N3S. The predicted molar refractivity (Wildman–Crippen MR) is 74.9 cm³/mol. The molecule has 0 unspecified atom stereocenters.